The number of ether oxygens (including phenoxy) is 2. The van der Waals surface area contributed by atoms with Gasteiger partial charge in [0.15, 0.2) is 0 Å². The van der Waals surface area contributed by atoms with E-state index in [-0.39, 0.29) is 5.75 Å². The Balaban J connectivity index is 2.20. The SMILES string of the molecule is COc1cc(NCc2cccc(O)c2)c(OC)cc1Cl. The van der Waals surface area contributed by atoms with Crippen LogP contribution in [0.4, 0.5) is 5.69 Å². The fourth-order valence-corrected chi connectivity index (χ4v) is 2.09. The van der Waals surface area contributed by atoms with Crippen molar-refractivity contribution in [3.63, 3.8) is 0 Å². The molecule has 106 valence electrons. The summed E-state index contributed by atoms with van der Waals surface area (Å²) in [4.78, 5) is 0. The molecule has 2 aromatic rings. The van der Waals surface area contributed by atoms with Crippen molar-refractivity contribution in [3.8, 4) is 17.2 Å². The third-order valence-electron chi connectivity index (χ3n) is 2.87. The molecule has 0 atom stereocenters. The lowest BCUT2D eigenvalue weighted by atomic mass is 10.2. The van der Waals surface area contributed by atoms with E-state index in [0.29, 0.717) is 23.1 Å². The van der Waals surface area contributed by atoms with Crippen LogP contribution in [0.1, 0.15) is 5.56 Å². The van der Waals surface area contributed by atoms with Crippen LogP contribution in [-0.2, 0) is 6.54 Å². The topological polar surface area (TPSA) is 50.7 Å². The summed E-state index contributed by atoms with van der Waals surface area (Å²) >= 11 is 6.05. The molecule has 0 saturated heterocycles. The molecule has 0 bridgehead atoms. The Morgan fingerprint density at radius 1 is 1.10 bits per heavy atom. The van der Waals surface area contributed by atoms with Gasteiger partial charge in [0.05, 0.1) is 24.9 Å². The number of phenols is 1. The molecule has 2 rings (SSSR count). The maximum absolute atomic E-state index is 9.44. The van der Waals surface area contributed by atoms with Crippen LogP contribution in [0.25, 0.3) is 0 Å². The first-order chi connectivity index (χ1) is 9.63. The Labute approximate surface area is 122 Å². The van der Waals surface area contributed by atoms with Crippen molar-refractivity contribution in [1.29, 1.82) is 0 Å². The van der Waals surface area contributed by atoms with Gasteiger partial charge in [-0.15, -0.1) is 0 Å². The molecule has 0 heterocycles. The van der Waals surface area contributed by atoms with Crippen molar-refractivity contribution in [2.75, 3.05) is 19.5 Å². The van der Waals surface area contributed by atoms with E-state index in [1.807, 2.05) is 6.07 Å². The van der Waals surface area contributed by atoms with E-state index in [2.05, 4.69) is 5.32 Å². The van der Waals surface area contributed by atoms with E-state index in [4.69, 9.17) is 21.1 Å². The van der Waals surface area contributed by atoms with Crippen molar-refractivity contribution in [3.05, 3.63) is 47.0 Å². The normalized spacial score (nSPS) is 10.2. The average Bonchev–Trinajstić information content (AvgIpc) is 2.45. The Bertz CT molecular complexity index is 602. The molecular weight excluding hydrogens is 278 g/mol. The Kier molecular flexibility index (Phi) is 4.58. The van der Waals surface area contributed by atoms with Crippen LogP contribution >= 0.6 is 11.6 Å². The molecular formula is C15H16ClNO3. The third kappa shape index (κ3) is 3.27. The number of nitrogens with one attached hydrogen (secondary N) is 1. The molecule has 0 aliphatic heterocycles. The summed E-state index contributed by atoms with van der Waals surface area (Å²) in [6.07, 6.45) is 0. The van der Waals surface area contributed by atoms with Gasteiger partial charge in [0.25, 0.3) is 0 Å². The number of anilines is 1. The smallest absolute Gasteiger partial charge is 0.143 e. The van der Waals surface area contributed by atoms with Crippen LogP contribution in [0, 0.1) is 0 Å². The Hall–Kier alpha value is -2.07. The van der Waals surface area contributed by atoms with Crippen LogP contribution in [0.5, 0.6) is 17.2 Å². The van der Waals surface area contributed by atoms with Gasteiger partial charge in [-0.05, 0) is 17.7 Å². The summed E-state index contributed by atoms with van der Waals surface area (Å²) in [6, 6.07) is 10.5. The highest BCUT2D eigenvalue weighted by Crippen LogP contribution is 2.36. The number of hydrogen-bond donors (Lipinski definition) is 2. The predicted octanol–water partition coefficient (Wildman–Crippen LogP) is 3.67. The second-order valence-electron chi connectivity index (χ2n) is 4.21. The van der Waals surface area contributed by atoms with Gasteiger partial charge in [-0.3, -0.25) is 0 Å². The molecule has 0 radical (unpaired) electrons. The number of benzene rings is 2. The zero-order chi connectivity index (χ0) is 14.5. The summed E-state index contributed by atoms with van der Waals surface area (Å²) in [6.45, 7) is 0.551. The number of halogens is 1. The van der Waals surface area contributed by atoms with Gasteiger partial charge in [-0.2, -0.15) is 0 Å². The molecule has 5 heteroatoms. The molecule has 0 aliphatic carbocycles. The lowest BCUT2D eigenvalue weighted by Crippen LogP contribution is -2.02. The van der Waals surface area contributed by atoms with Gasteiger partial charge < -0.3 is 19.9 Å². The van der Waals surface area contributed by atoms with E-state index in [1.54, 1.807) is 44.6 Å². The second-order valence-corrected chi connectivity index (χ2v) is 4.62. The number of phenolic OH excluding ortho intramolecular Hbond substituents is 1. The van der Waals surface area contributed by atoms with E-state index >= 15 is 0 Å². The highest BCUT2D eigenvalue weighted by atomic mass is 35.5. The average molecular weight is 294 g/mol. The highest BCUT2D eigenvalue weighted by Gasteiger charge is 2.09. The van der Waals surface area contributed by atoms with Crippen molar-refractivity contribution >= 4 is 17.3 Å². The first-order valence-corrected chi connectivity index (χ1v) is 6.45. The first-order valence-electron chi connectivity index (χ1n) is 6.07. The van der Waals surface area contributed by atoms with Gasteiger partial charge in [-0.25, -0.2) is 0 Å². The highest BCUT2D eigenvalue weighted by molar-refractivity contribution is 6.32. The molecule has 2 N–H and O–H groups in total. The number of methoxy groups -OCH3 is 2. The zero-order valence-corrected chi connectivity index (χ0v) is 12.1. The molecule has 0 fully saturated rings. The van der Waals surface area contributed by atoms with Crippen LogP contribution in [0.15, 0.2) is 36.4 Å². The van der Waals surface area contributed by atoms with E-state index in [9.17, 15) is 5.11 Å². The molecule has 0 aliphatic rings. The quantitative estimate of drug-likeness (QED) is 0.883. The molecule has 0 amide bonds. The zero-order valence-electron chi connectivity index (χ0n) is 11.3. The van der Waals surface area contributed by atoms with Gasteiger partial charge >= 0.3 is 0 Å². The van der Waals surface area contributed by atoms with Gasteiger partial charge in [0, 0.05) is 18.7 Å². The van der Waals surface area contributed by atoms with Crippen molar-refractivity contribution in [2.24, 2.45) is 0 Å². The molecule has 0 spiro atoms. The summed E-state index contributed by atoms with van der Waals surface area (Å²) in [5.74, 6) is 1.45. The van der Waals surface area contributed by atoms with Crippen molar-refractivity contribution in [2.45, 2.75) is 6.54 Å². The molecule has 2 aromatic carbocycles. The maximum atomic E-state index is 9.44. The lowest BCUT2D eigenvalue weighted by Gasteiger charge is -2.14. The van der Waals surface area contributed by atoms with E-state index in [0.717, 1.165) is 11.3 Å². The minimum atomic E-state index is 0.241. The third-order valence-corrected chi connectivity index (χ3v) is 3.16. The molecule has 20 heavy (non-hydrogen) atoms. The second kappa shape index (κ2) is 6.39. The summed E-state index contributed by atoms with van der Waals surface area (Å²) < 4.78 is 10.5. The van der Waals surface area contributed by atoms with Gasteiger partial charge in [0.2, 0.25) is 0 Å². The molecule has 0 saturated carbocycles. The molecule has 4 nitrogen and oxygen atoms in total. The van der Waals surface area contributed by atoms with Crippen LogP contribution < -0.4 is 14.8 Å². The Morgan fingerprint density at radius 2 is 1.85 bits per heavy atom. The lowest BCUT2D eigenvalue weighted by molar-refractivity contribution is 0.404. The van der Waals surface area contributed by atoms with Crippen LogP contribution in [0.3, 0.4) is 0 Å². The first kappa shape index (κ1) is 14.3. The number of hydrogen-bond acceptors (Lipinski definition) is 4. The van der Waals surface area contributed by atoms with Crippen LogP contribution in [0.2, 0.25) is 5.02 Å². The van der Waals surface area contributed by atoms with E-state index < -0.39 is 0 Å². The number of rotatable bonds is 5. The van der Waals surface area contributed by atoms with Crippen molar-refractivity contribution in [1.82, 2.24) is 0 Å². The van der Waals surface area contributed by atoms with Crippen LogP contribution in [-0.4, -0.2) is 19.3 Å². The van der Waals surface area contributed by atoms with Gasteiger partial charge in [-0.1, -0.05) is 23.7 Å². The van der Waals surface area contributed by atoms with E-state index in [1.165, 1.54) is 0 Å². The standard InChI is InChI=1S/C15H16ClNO3/c1-19-14-8-13(15(20-2)7-12(14)16)17-9-10-4-3-5-11(18)6-10/h3-8,17-18H,9H2,1-2H3. The largest absolute Gasteiger partial charge is 0.508 e. The Morgan fingerprint density at radius 3 is 2.50 bits per heavy atom. The number of aromatic hydroxyl groups is 1. The minimum absolute atomic E-state index is 0.241. The fourth-order valence-electron chi connectivity index (χ4n) is 1.86. The molecule has 0 aromatic heterocycles. The molecule has 0 unspecified atom stereocenters. The monoisotopic (exact) mass is 293 g/mol. The summed E-state index contributed by atoms with van der Waals surface area (Å²) in [7, 11) is 3.14. The summed E-state index contributed by atoms with van der Waals surface area (Å²) in [5.41, 5.74) is 1.73. The predicted molar refractivity (Wildman–Crippen MR) is 80.0 cm³/mol. The minimum Gasteiger partial charge on any atom is -0.508 e. The van der Waals surface area contributed by atoms with Gasteiger partial charge in [0.1, 0.15) is 17.2 Å². The maximum Gasteiger partial charge on any atom is 0.143 e. The fraction of sp³-hybridized carbons (Fsp3) is 0.200. The summed E-state index contributed by atoms with van der Waals surface area (Å²) in [5, 5.41) is 13.2. The van der Waals surface area contributed by atoms with Crippen molar-refractivity contribution < 1.29 is 14.6 Å².